The summed E-state index contributed by atoms with van der Waals surface area (Å²) in [4.78, 5) is 22.3. The lowest BCUT2D eigenvalue weighted by molar-refractivity contribution is -0.0881. The monoisotopic (exact) mass is 437 g/mol. The highest BCUT2D eigenvalue weighted by Gasteiger charge is 2.21. The van der Waals surface area contributed by atoms with E-state index in [0.717, 1.165) is 5.69 Å². The van der Waals surface area contributed by atoms with Gasteiger partial charge in [0.15, 0.2) is 0 Å². The highest BCUT2D eigenvalue weighted by molar-refractivity contribution is 5.90. The molecule has 0 bridgehead atoms. The van der Waals surface area contributed by atoms with E-state index in [1.165, 1.54) is 35.2 Å². The van der Waals surface area contributed by atoms with Gasteiger partial charge in [0.05, 0.1) is 55.4 Å². The highest BCUT2D eigenvalue weighted by Crippen LogP contribution is 2.21. The van der Waals surface area contributed by atoms with Gasteiger partial charge in [-0.15, -0.1) is 0 Å². The summed E-state index contributed by atoms with van der Waals surface area (Å²) in [5.41, 5.74) is 6.77. The molecule has 3 aromatic rings. The van der Waals surface area contributed by atoms with Crippen molar-refractivity contribution in [3.05, 3.63) is 53.6 Å². The van der Waals surface area contributed by atoms with E-state index in [1.54, 1.807) is 6.92 Å². The SMILES string of the molecule is Cc1cnc(C(N)=O)cn1.Fc1ccc2nc(CC3COCCO3)n(CC(F)F)c2c1. The standard InChI is InChI=1S/C14H15F3N2O2.C6H7N3O/c15-9-1-2-11-12(5-9)19(7-13(16)17)14(18-11)6-10-8-20-3-4-21-10;1-4-2-9-5(3-8-4)6(7)10/h1-2,5,10,13H,3-4,6-8H2;2-3H,1H3,(H2,7,10). The summed E-state index contributed by atoms with van der Waals surface area (Å²) in [6.45, 7) is 2.70. The topological polar surface area (TPSA) is 105 Å². The van der Waals surface area contributed by atoms with Crippen LogP contribution in [0.2, 0.25) is 0 Å². The second-order valence-electron chi connectivity index (χ2n) is 6.84. The van der Waals surface area contributed by atoms with Crippen LogP contribution in [-0.4, -0.2) is 57.8 Å². The number of aryl methyl sites for hydroxylation is 1. The van der Waals surface area contributed by atoms with Crippen molar-refractivity contribution >= 4 is 16.9 Å². The molecule has 166 valence electrons. The molecular formula is C20H22F3N5O3. The summed E-state index contributed by atoms with van der Waals surface area (Å²) in [7, 11) is 0. The lowest BCUT2D eigenvalue weighted by atomic mass is 10.2. The van der Waals surface area contributed by atoms with E-state index in [9.17, 15) is 18.0 Å². The average Bonchev–Trinajstić information content (AvgIpc) is 3.05. The predicted molar refractivity (Wildman–Crippen MR) is 105 cm³/mol. The molecular weight excluding hydrogens is 415 g/mol. The number of alkyl halides is 2. The third-order valence-corrected chi connectivity index (χ3v) is 4.44. The number of halogens is 3. The van der Waals surface area contributed by atoms with E-state index in [2.05, 4.69) is 15.0 Å². The number of hydrogen-bond acceptors (Lipinski definition) is 6. The van der Waals surface area contributed by atoms with Gasteiger partial charge in [0.25, 0.3) is 12.3 Å². The van der Waals surface area contributed by atoms with Crippen LogP contribution in [0, 0.1) is 12.7 Å². The van der Waals surface area contributed by atoms with Crippen LogP contribution in [0.5, 0.6) is 0 Å². The molecule has 0 radical (unpaired) electrons. The van der Waals surface area contributed by atoms with Crippen molar-refractivity contribution in [1.29, 1.82) is 0 Å². The zero-order valence-corrected chi connectivity index (χ0v) is 16.8. The maximum absolute atomic E-state index is 13.3. The average molecular weight is 437 g/mol. The molecule has 3 heterocycles. The minimum Gasteiger partial charge on any atom is -0.376 e. The van der Waals surface area contributed by atoms with Crippen molar-refractivity contribution in [2.45, 2.75) is 32.4 Å². The Labute approximate surface area is 176 Å². The van der Waals surface area contributed by atoms with Crippen LogP contribution >= 0.6 is 0 Å². The first kappa shape index (κ1) is 22.6. The predicted octanol–water partition coefficient (Wildman–Crippen LogP) is 2.28. The second-order valence-corrected chi connectivity index (χ2v) is 6.84. The number of ether oxygens (including phenoxy) is 2. The lowest BCUT2D eigenvalue weighted by Gasteiger charge is -2.22. The Morgan fingerprint density at radius 1 is 1.29 bits per heavy atom. The molecule has 8 nitrogen and oxygen atoms in total. The summed E-state index contributed by atoms with van der Waals surface area (Å²) in [5.74, 6) is -0.555. The van der Waals surface area contributed by atoms with Gasteiger partial charge in [-0.1, -0.05) is 0 Å². The number of benzene rings is 1. The number of nitrogens with zero attached hydrogens (tertiary/aromatic N) is 4. The number of primary amides is 1. The molecule has 0 aliphatic carbocycles. The second kappa shape index (κ2) is 10.3. The summed E-state index contributed by atoms with van der Waals surface area (Å²) in [6.07, 6.45) is 0.477. The molecule has 1 unspecified atom stereocenters. The third kappa shape index (κ3) is 6.22. The number of fused-ring (bicyclic) bond motifs is 1. The zero-order valence-electron chi connectivity index (χ0n) is 16.8. The van der Waals surface area contributed by atoms with Gasteiger partial charge in [0, 0.05) is 12.6 Å². The first-order valence-electron chi connectivity index (χ1n) is 9.54. The fraction of sp³-hybridized carbons (Fsp3) is 0.400. The molecule has 1 aliphatic rings. The van der Waals surface area contributed by atoms with E-state index in [0.29, 0.717) is 43.1 Å². The number of hydrogen-bond donors (Lipinski definition) is 1. The smallest absolute Gasteiger partial charge is 0.268 e. The minimum atomic E-state index is -2.53. The molecule has 1 saturated heterocycles. The van der Waals surface area contributed by atoms with Crippen LogP contribution in [0.4, 0.5) is 13.2 Å². The Hall–Kier alpha value is -3.05. The molecule has 1 atom stereocenters. The van der Waals surface area contributed by atoms with Crippen molar-refractivity contribution in [1.82, 2.24) is 19.5 Å². The maximum Gasteiger partial charge on any atom is 0.268 e. The summed E-state index contributed by atoms with van der Waals surface area (Å²) < 4.78 is 51.1. The van der Waals surface area contributed by atoms with Gasteiger partial charge >= 0.3 is 0 Å². The molecule has 31 heavy (non-hydrogen) atoms. The number of imidazole rings is 1. The minimum absolute atomic E-state index is 0.200. The maximum atomic E-state index is 13.3. The molecule has 2 N–H and O–H groups in total. The largest absolute Gasteiger partial charge is 0.376 e. The first-order valence-corrected chi connectivity index (χ1v) is 9.54. The number of carbonyl (C=O) groups excluding carboxylic acids is 1. The van der Waals surface area contributed by atoms with Gasteiger partial charge in [-0.25, -0.2) is 23.1 Å². The normalized spacial score (nSPS) is 16.2. The number of amides is 1. The van der Waals surface area contributed by atoms with Crippen molar-refractivity contribution in [3.63, 3.8) is 0 Å². The Morgan fingerprint density at radius 2 is 2.10 bits per heavy atom. The van der Waals surface area contributed by atoms with E-state index in [-0.39, 0.29) is 11.8 Å². The van der Waals surface area contributed by atoms with Crippen LogP contribution in [0.1, 0.15) is 22.0 Å². The fourth-order valence-corrected chi connectivity index (χ4v) is 3.02. The first-order chi connectivity index (χ1) is 14.8. The summed E-state index contributed by atoms with van der Waals surface area (Å²) in [6, 6.07) is 3.99. The van der Waals surface area contributed by atoms with Crippen LogP contribution in [-0.2, 0) is 22.4 Å². The van der Waals surface area contributed by atoms with Gasteiger partial charge < -0.3 is 19.8 Å². The van der Waals surface area contributed by atoms with Gasteiger partial charge in [-0.05, 0) is 25.1 Å². The van der Waals surface area contributed by atoms with E-state index < -0.39 is 24.7 Å². The molecule has 1 aromatic carbocycles. The Morgan fingerprint density at radius 3 is 2.71 bits per heavy atom. The quantitative estimate of drug-likeness (QED) is 0.657. The molecule has 0 saturated carbocycles. The van der Waals surface area contributed by atoms with Crippen molar-refractivity contribution in [3.8, 4) is 0 Å². The zero-order chi connectivity index (χ0) is 22.4. The van der Waals surface area contributed by atoms with Crippen molar-refractivity contribution < 1.29 is 27.4 Å². The van der Waals surface area contributed by atoms with Crippen LogP contribution < -0.4 is 5.73 Å². The third-order valence-electron chi connectivity index (χ3n) is 4.44. The molecule has 11 heteroatoms. The van der Waals surface area contributed by atoms with Crippen molar-refractivity contribution in [2.75, 3.05) is 19.8 Å². The molecule has 1 aliphatic heterocycles. The van der Waals surface area contributed by atoms with Gasteiger partial charge in [0.2, 0.25) is 0 Å². The van der Waals surface area contributed by atoms with Crippen LogP contribution in [0.25, 0.3) is 11.0 Å². The number of rotatable bonds is 5. The van der Waals surface area contributed by atoms with E-state index in [4.69, 9.17) is 15.2 Å². The molecule has 1 fully saturated rings. The lowest BCUT2D eigenvalue weighted by Crippen LogP contribution is -2.31. The summed E-state index contributed by atoms with van der Waals surface area (Å²) in [5, 5.41) is 0. The van der Waals surface area contributed by atoms with Gasteiger partial charge in [-0.2, -0.15) is 0 Å². The van der Waals surface area contributed by atoms with E-state index in [1.807, 2.05) is 0 Å². The van der Waals surface area contributed by atoms with Gasteiger partial charge in [0.1, 0.15) is 17.3 Å². The van der Waals surface area contributed by atoms with E-state index >= 15 is 0 Å². The fourth-order valence-electron chi connectivity index (χ4n) is 3.02. The molecule has 4 rings (SSSR count). The summed E-state index contributed by atoms with van der Waals surface area (Å²) >= 11 is 0. The van der Waals surface area contributed by atoms with Gasteiger partial charge in [-0.3, -0.25) is 9.78 Å². The Bertz CT molecular complexity index is 1020. The highest BCUT2D eigenvalue weighted by atomic mass is 19.3. The number of carbonyl (C=O) groups is 1. The Kier molecular flexibility index (Phi) is 7.53. The number of nitrogens with two attached hydrogens (primary N) is 1. The molecule has 1 amide bonds. The Balaban J connectivity index is 0.000000229. The molecule has 2 aromatic heterocycles. The molecule has 0 spiro atoms. The van der Waals surface area contributed by atoms with Crippen LogP contribution in [0.3, 0.4) is 0 Å². The van der Waals surface area contributed by atoms with Crippen LogP contribution in [0.15, 0.2) is 30.6 Å². The number of aromatic nitrogens is 4. The van der Waals surface area contributed by atoms with Crippen molar-refractivity contribution in [2.24, 2.45) is 5.73 Å².